The van der Waals surface area contributed by atoms with E-state index in [1.165, 1.54) is 11.8 Å². The van der Waals surface area contributed by atoms with Crippen LogP contribution in [0.15, 0.2) is 58.4 Å². The summed E-state index contributed by atoms with van der Waals surface area (Å²) in [5, 5.41) is 0. The molecule has 35 heavy (non-hydrogen) atoms. The van der Waals surface area contributed by atoms with Crippen molar-refractivity contribution in [2.45, 2.75) is 40.0 Å². The van der Waals surface area contributed by atoms with Crippen molar-refractivity contribution in [1.82, 2.24) is 14.3 Å². The quantitative estimate of drug-likeness (QED) is 0.298. The molecule has 3 heterocycles. The van der Waals surface area contributed by atoms with Crippen LogP contribution in [0.4, 0.5) is 5.82 Å². The molecule has 1 aliphatic rings. The number of benzene rings is 1. The number of anilines is 1. The average Bonchev–Trinajstić information content (AvgIpc) is 3.12. The maximum absolute atomic E-state index is 13.7. The van der Waals surface area contributed by atoms with Gasteiger partial charge in [-0.3, -0.25) is 18.9 Å². The predicted molar refractivity (Wildman–Crippen MR) is 149 cm³/mol. The summed E-state index contributed by atoms with van der Waals surface area (Å²) in [6, 6.07) is 13.8. The number of hydrogen-bond acceptors (Lipinski definition) is 6. The number of amides is 1. The Morgan fingerprint density at radius 3 is 2.46 bits per heavy atom. The summed E-state index contributed by atoms with van der Waals surface area (Å²) in [6.45, 7) is 8.24. The number of hydrogen-bond donors (Lipinski definition) is 0. The third-order valence-corrected chi connectivity index (χ3v) is 7.34. The number of nitrogens with zero attached hydrogens (tertiary/aromatic N) is 4. The molecular weight excluding hydrogens is 476 g/mol. The van der Waals surface area contributed by atoms with Gasteiger partial charge in [0.15, 0.2) is 0 Å². The van der Waals surface area contributed by atoms with E-state index in [1.54, 1.807) is 21.6 Å². The maximum atomic E-state index is 13.7. The largest absolute Gasteiger partial charge is 0.356 e. The number of thioether (sulfide) groups is 1. The number of rotatable bonds is 9. The molecule has 1 aliphatic heterocycles. The monoisotopic (exact) mass is 506 g/mol. The molecule has 0 unspecified atom stereocenters. The molecule has 0 spiro atoms. The molecule has 0 radical (unpaired) electrons. The van der Waals surface area contributed by atoms with Crippen LogP contribution in [0, 0.1) is 6.92 Å². The van der Waals surface area contributed by atoms with Crippen LogP contribution in [0.25, 0.3) is 11.7 Å². The van der Waals surface area contributed by atoms with Crippen LogP contribution in [-0.2, 0) is 11.2 Å². The van der Waals surface area contributed by atoms with Gasteiger partial charge < -0.3 is 4.90 Å². The van der Waals surface area contributed by atoms with E-state index in [9.17, 15) is 9.59 Å². The molecule has 0 bridgehead atoms. The molecule has 0 N–H and O–H groups in total. The van der Waals surface area contributed by atoms with E-state index in [-0.39, 0.29) is 11.5 Å². The second kappa shape index (κ2) is 11.2. The lowest BCUT2D eigenvalue weighted by atomic mass is 10.1. The third kappa shape index (κ3) is 5.33. The Hall–Kier alpha value is -2.97. The first-order chi connectivity index (χ1) is 16.9. The smallest absolute Gasteiger partial charge is 0.267 e. The normalized spacial score (nSPS) is 14.9. The highest BCUT2D eigenvalue weighted by Crippen LogP contribution is 2.33. The van der Waals surface area contributed by atoms with Crippen molar-refractivity contribution in [2.24, 2.45) is 0 Å². The fourth-order valence-corrected chi connectivity index (χ4v) is 5.53. The van der Waals surface area contributed by atoms with Crippen molar-refractivity contribution in [2.75, 3.05) is 24.5 Å². The van der Waals surface area contributed by atoms with Gasteiger partial charge in [0.05, 0.1) is 10.5 Å². The highest BCUT2D eigenvalue weighted by Gasteiger charge is 2.32. The van der Waals surface area contributed by atoms with E-state index in [2.05, 4.69) is 18.7 Å². The molecule has 2 aromatic heterocycles. The van der Waals surface area contributed by atoms with Gasteiger partial charge in [-0.25, -0.2) is 4.98 Å². The van der Waals surface area contributed by atoms with Gasteiger partial charge >= 0.3 is 0 Å². The lowest BCUT2D eigenvalue weighted by Crippen LogP contribution is -2.31. The van der Waals surface area contributed by atoms with E-state index in [0.29, 0.717) is 39.2 Å². The fraction of sp³-hybridized carbons (Fsp3) is 0.333. The number of aryl methyl sites for hydroxylation is 1. The minimum absolute atomic E-state index is 0.159. The molecule has 182 valence electrons. The van der Waals surface area contributed by atoms with E-state index < -0.39 is 0 Å². The number of thiocarbonyl (C=S) groups is 1. The van der Waals surface area contributed by atoms with E-state index in [1.807, 2.05) is 49.4 Å². The summed E-state index contributed by atoms with van der Waals surface area (Å²) in [6.07, 6.45) is 5.99. The molecule has 0 atom stereocenters. The fourth-order valence-electron chi connectivity index (χ4n) is 4.24. The molecule has 1 aromatic carbocycles. The minimum Gasteiger partial charge on any atom is -0.356 e. The number of fused-ring (bicyclic) bond motifs is 1. The number of carbonyl (C=O) groups excluding carboxylic acids is 1. The van der Waals surface area contributed by atoms with Gasteiger partial charge in [-0.15, -0.1) is 0 Å². The van der Waals surface area contributed by atoms with Crippen molar-refractivity contribution in [3.05, 3.63) is 80.6 Å². The standard InChI is InChI=1S/C27H30N4O2S2/c1-4-14-29(15-5-2)24-21(25(32)30-16-9-10-19(3)23(30)28-24)18-22-26(33)31(27(34)35-22)17-13-20-11-7-6-8-12-20/h6-12,16,18H,4-5,13-15,17H2,1-3H3/b22-18+. The van der Waals surface area contributed by atoms with E-state index in [4.69, 9.17) is 17.2 Å². The van der Waals surface area contributed by atoms with E-state index in [0.717, 1.165) is 37.1 Å². The Morgan fingerprint density at radius 2 is 1.77 bits per heavy atom. The van der Waals surface area contributed by atoms with E-state index >= 15 is 0 Å². The molecule has 4 rings (SSSR count). The maximum Gasteiger partial charge on any atom is 0.267 e. The molecule has 8 heteroatoms. The van der Waals surface area contributed by atoms with Crippen molar-refractivity contribution in [3.63, 3.8) is 0 Å². The zero-order chi connectivity index (χ0) is 24.9. The van der Waals surface area contributed by atoms with Crippen LogP contribution in [0.3, 0.4) is 0 Å². The van der Waals surface area contributed by atoms with Crippen LogP contribution < -0.4 is 10.5 Å². The summed E-state index contributed by atoms with van der Waals surface area (Å²) in [5.74, 6) is 0.468. The summed E-state index contributed by atoms with van der Waals surface area (Å²) in [4.78, 5) is 36.1. The van der Waals surface area contributed by atoms with Gasteiger partial charge in [0.2, 0.25) is 0 Å². The lowest BCUT2D eigenvalue weighted by molar-refractivity contribution is -0.122. The van der Waals surface area contributed by atoms with Gasteiger partial charge in [-0.1, -0.05) is 74.2 Å². The molecule has 6 nitrogen and oxygen atoms in total. The third-order valence-electron chi connectivity index (χ3n) is 5.97. The topological polar surface area (TPSA) is 57.9 Å². The predicted octanol–water partition coefficient (Wildman–Crippen LogP) is 5.07. The summed E-state index contributed by atoms with van der Waals surface area (Å²) in [5.41, 5.74) is 2.96. The van der Waals surface area contributed by atoms with Crippen LogP contribution in [0.1, 0.15) is 43.4 Å². The summed E-state index contributed by atoms with van der Waals surface area (Å²) < 4.78 is 2.08. The van der Waals surface area contributed by atoms with Gasteiger partial charge in [0, 0.05) is 25.8 Å². The number of carbonyl (C=O) groups is 1. The zero-order valence-electron chi connectivity index (χ0n) is 20.4. The molecule has 3 aromatic rings. The first-order valence-electron chi connectivity index (χ1n) is 12.0. The van der Waals surface area contributed by atoms with Crippen LogP contribution in [-0.4, -0.2) is 44.1 Å². The van der Waals surface area contributed by atoms with Crippen LogP contribution in [0.5, 0.6) is 0 Å². The van der Waals surface area contributed by atoms with Crippen molar-refractivity contribution in [1.29, 1.82) is 0 Å². The average molecular weight is 507 g/mol. The summed E-state index contributed by atoms with van der Waals surface area (Å²) >= 11 is 6.79. The Bertz CT molecular complexity index is 1330. The van der Waals surface area contributed by atoms with Crippen LogP contribution >= 0.6 is 24.0 Å². The van der Waals surface area contributed by atoms with Crippen LogP contribution in [0.2, 0.25) is 0 Å². The SMILES string of the molecule is CCCN(CCC)c1nc2c(C)cccn2c(=O)c1/C=C1/SC(=S)N(CCc2ccccc2)C1=O. The molecule has 0 saturated carbocycles. The molecule has 1 saturated heterocycles. The first-order valence-corrected chi connectivity index (χ1v) is 13.2. The van der Waals surface area contributed by atoms with Crippen molar-refractivity contribution in [3.8, 4) is 0 Å². The molecule has 1 fully saturated rings. The van der Waals surface area contributed by atoms with Gasteiger partial charge in [0.1, 0.15) is 15.8 Å². The second-order valence-corrected chi connectivity index (χ2v) is 10.3. The molecule has 0 aliphatic carbocycles. The lowest BCUT2D eigenvalue weighted by Gasteiger charge is -2.25. The minimum atomic E-state index is -0.180. The second-order valence-electron chi connectivity index (χ2n) is 8.60. The van der Waals surface area contributed by atoms with Gasteiger partial charge in [-0.05, 0) is 49.5 Å². The number of pyridine rings is 1. The Morgan fingerprint density at radius 1 is 1.06 bits per heavy atom. The van der Waals surface area contributed by atoms with Gasteiger partial charge in [0.25, 0.3) is 11.5 Å². The zero-order valence-corrected chi connectivity index (χ0v) is 22.0. The Balaban J connectivity index is 1.75. The number of aromatic nitrogens is 2. The summed E-state index contributed by atoms with van der Waals surface area (Å²) in [7, 11) is 0. The Kier molecular flexibility index (Phi) is 8.03. The van der Waals surface area contributed by atoms with Crippen molar-refractivity contribution < 1.29 is 4.79 Å². The van der Waals surface area contributed by atoms with Crippen molar-refractivity contribution >= 4 is 51.7 Å². The Labute approximate surface area is 215 Å². The highest BCUT2D eigenvalue weighted by atomic mass is 32.2. The van der Waals surface area contributed by atoms with Gasteiger partial charge in [-0.2, -0.15) is 0 Å². The highest BCUT2D eigenvalue weighted by molar-refractivity contribution is 8.26. The first kappa shape index (κ1) is 25.1. The molecular formula is C27H30N4O2S2. The molecule has 1 amide bonds.